The van der Waals surface area contributed by atoms with Gasteiger partial charge >= 0.3 is 0 Å². The van der Waals surface area contributed by atoms with Crippen LogP contribution >= 0.6 is 11.6 Å². The molecule has 2 amide bonds. The van der Waals surface area contributed by atoms with Crippen LogP contribution in [0.25, 0.3) is 6.08 Å². The highest BCUT2D eigenvalue weighted by Crippen LogP contribution is 2.20. The molecule has 0 unspecified atom stereocenters. The molecule has 1 heterocycles. The number of hydrogen-bond donors (Lipinski definition) is 0. The number of hydrogen-bond acceptors (Lipinski definition) is 2. The van der Waals surface area contributed by atoms with Crippen molar-refractivity contribution >= 4 is 29.5 Å². The first kappa shape index (κ1) is 19.1. The lowest BCUT2D eigenvalue weighted by atomic mass is 10.1. The van der Waals surface area contributed by atoms with Gasteiger partial charge in [-0.05, 0) is 36.8 Å². The van der Waals surface area contributed by atoms with Crippen LogP contribution in [-0.4, -0.2) is 47.8 Å². The minimum atomic E-state index is -0.479. The van der Waals surface area contributed by atoms with E-state index < -0.39 is 5.82 Å². The summed E-state index contributed by atoms with van der Waals surface area (Å²) in [5.41, 5.74) is 2.41. The minimum absolute atomic E-state index is 0.0810. The Morgan fingerprint density at radius 2 is 1.63 bits per heavy atom. The predicted octanol–water partition coefficient (Wildman–Crippen LogP) is 3.79. The maximum absolute atomic E-state index is 13.1. The molecule has 1 fully saturated rings. The number of halogens is 2. The van der Waals surface area contributed by atoms with Crippen molar-refractivity contribution in [1.82, 2.24) is 9.80 Å². The molecule has 0 radical (unpaired) electrons. The average Bonchev–Trinajstić information content (AvgIpc) is 2.67. The standard InChI is InChI=1S/C21H20ClFN2O2/c1-15-2-4-16(5-3-15)6-9-20(26)24-10-12-25(13-11-24)21(27)18-8-7-17(23)14-19(18)22/h2-9,14H,10-13H2,1H3/b9-6+. The summed E-state index contributed by atoms with van der Waals surface area (Å²) in [7, 11) is 0. The maximum atomic E-state index is 13.1. The fourth-order valence-corrected chi connectivity index (χ4v) is 3.16. The number of amides is 2. The minimum Gasteiger partial charge on any atom is -0.336 e. The summed E-state index contributed by atoms with van der Waals surface area (Å²) in [6.07, 6.45) is 3.34. The molecule has 1 aliphatic rings. The van der Waals surface area contributed by atoms with Gasteiger partial charge in [-0.1, -0.05) is 41.4 Å². The quantitative estimate of drug-likeness (QED) is 0.753. The average molecular weight is 387 g/mol. The first-order chi connectivity index (χ1) is 12.9. The highest BCUT2D eigenvalue weighted by Gasteiger charge is 2.25. The molecule has 1 aliphatic heterocycles. The van der Waals surface area contributed by atoms with E-state index in [0.717, 1.165) is 11.6 Å². The molecular weight excluding hydrogens is 367 g/mol. The van der Waals surface area contributed by atoms with Gasteiger partial charge < -0.3 is 9.80 Å². The monoisotopic (exact) mass is 386 g/mol. The molecule has 27 heavy (non-hydrogen) atoms. The molecule has 0 bridgehead atoms. The number of piperazine rings is 1. The van der Waals surface area contributed by atoms with Crippen LogP contribution in [0.15, 0.2) is 48.5 Å². The third-order valence-corrected chi connectivity index (χ3v) is 4.85. The van der Waals surface area contributed by atoms with Crippen molar-refractivity contribution in [3.63, 3.8) is 0 Å². The van der Waals surface area contributed by atoms with Crippen molar-refractivity contribution in [3.05, 3.63) is 76.1 Å². The smallest absolute Gasteiger partial charge is 0.255 e. The molecular formula is C21H20ClFN2O2. The highest BCUT2D eigenvalue weighted by atomic mass is 35.5. The molecule has 1 saturated heterocycles. The summed E-state index contributed by atoms with van der Waals surface area (Å²) in [5.74, 6) is -0.808. The fraction of sp³-hybridized carbons (Fsp3) is 0.238. The molecule has 4 nitrogen and oxygen atoms in total. The first-order valence-corrected chi connectivity index (χ1v) is 9.10. The number of carbonyl (C=O) groups is 2. The SMILES string of the molecule is Cc1ccc(/C=C/C(=O)N2CCN(C(=O)c3ccc(F)cc3Cl)CC2)cc1. The van der Waals surface area contributed by atoms with E-state index in [9.17, 15) is 14.0 Å². The highest BCUT2D eigenvalue weighted by molar-refractivity contribution is 6.33. The van der Waals surface area contributed by atoms with Crippen molar-refractivity contribution in [2.75, 3.05) is 26.2 Å². The summed E-state index contributed by atoms with van der Waals surface area (Å²) in [4.78, 5) is 28.2. The molecule has 0 saturated carbocycles. The Morgan fingerprint density at radius 3 is 2.26 bits per heavy atom. The van der Waals surface area contributed by atoms with Gasteiger partial charge in [0.05, 0.1) is 10.6 Å². The Labute approximate surface area is 162 Å². The summed E-state index contributed by atoms with van der Waals surface area (Å²) >= 11 is 5.97. The van der Waals surface area contributed by atoms with Crippen LogP contribution in [0.1, 0.15) is 21.5 Å². The van der Waals surface area contributed by atoms with Crippen molar-refractivity contribution in [1.29, 1.82) is 0 Å². The molecule has 2 aromatic rings. The van der Waals surface area contributed by atoms with E-state index in [2.05, 4.69) is 0 Å². The normalized spacial score (nSPS) is 14.6. The second-order valence-corrected chi connectivity index (χ2v) is 6.89. The molecule has 140 valence electrons. The molecule has 0 aromatic heterocycles. The topological polar surface area (TPSA) is 40.6 Å². The van der Waals surface area contributed by atoms with Crippen LogP contribution in [0.2, 0.25) is 5.02 Å². The van der Waals surface area contributed by atoms with Gasteiger partial charge in [0.1, 0.15) is 5.82 Å². The Balaban J connectivity index is 1.57. The third-order valence-electron chi connectivity index (χ3n) is 4.54. The molecule has 2 aromatic carbocycles. The largest absolute Gasteiger partial charge is 0.336 e. The zero-order chi connectivity index (χ0) is 19.4. The van der Waals surface area contributed by atoms with E-state index in [1.54, 1.807) is 22.0 Å². The van der Waals surface area contributed by atoms with Gasteiger partial charge in [0, 0.05) is 32.3 Å². The molecule has 0 atom stereocenters. The number of aryl methyl sites for hydroxylation is 1. The van der Waals surface area contributed by atoms with Gasteiger partial charge in [0.15, 0.2) is 0 Å². The van der Waals surface area contributed by atoms with E-state index in [1.807, 2.05) is 31.2 Å². The van der Waals surface area contributed by atoms with Crippen LogP contribution in [0.5, 0.6) is 0 Å². The summed E-state index contributed by atoms with van der Waals surface area (Å²) in [6.45, 7) is 3.73. The Hall–Kier alpha value is -2.66. The van der Waals surface area contributed by atoms with E-state index in [1.165, 1.54) is 17.7 Å². The lowest BCUT2D eigenvalue weighted by Crippen LogP contribution is -2.50. The zero-order valence-corrected chi connectivity index (χ0v) is 15.7. The van der Waals surface area contributed by atoms with E-state index in [4.69, 9.17) is 11.6 Å². The molecule has 0 aliphatic carbocycles. The number of carbonyl (C=O) groups excluding carboxylic acids is 2. The maximum Gasteiger partial charge on any atom is 0.255 e. The van der Waals surface area contributed by atoms with Crippen LogP contribution in [0.3, 0.4) is 0 Å². The second kappa shape index (κ2) is 8.35. The second-order valence-electron chi connectivity index (χ2n) is 6.49. The lowest BCUT2D eigenvalue weighted by molar-refractivity contribution is -0.127. The van der Waals surface area contributed by atoms with Gasteiger partial charge in [0.2, 0.25) is 5.91 Å². The Kier molecular flexibility index (Phi) is 5.91. The fourth-order valence-electron chi connectivity index (χ4n) is 2.91. The van der Waals surface area contributed by atoms with Crippen molar-refractivity contribution in [2.24, 2.45) is 0 Å². The van der Waals surface area contributed by atoms with E-state index >= 15 is 0 Å². The predicted molar refractivity (Wildman–Crippen MR) is 104 cm³/mol. The van der Waals surface area contributed by atoms with Gasteiger partial charge in [-0.2, -0.15) is 0 Å². The van der Waals surface area contributed by atoms with Gasteiger partial charge in [-0.3, -0.25) is 9.59 Å². The van der Waals surface area contributed by atoms with E-state index in [-0.39, 0.29) is 22.4 Å². The van der Waals surface area contributed by atoms with Crippen molar-refractivity contribution in [2.45, 2.75) is 6.92 Å². The summed E-state index contributed by atoms with van der Waals surface area (Å²) in [5, 5.41) is 0.0968. The van der Waals surface area contributed by atoms with E-state index in [0.29, 0.717) is 26.2 Å². The van der Waals surface area contributed by atoms with Gasteiger partial charge in [-0.15, -0.1) is 0 Å². The van der Waals surface area contributed by atoms with Crippen LogP contribution < -0.4 is 0 Å². The Bertz CT molecular complexity index is 872. The zero-order valence-electron chi connectivity index (χ0n) is 15.0. The number of rotatable bonds is 3. The van der Waals surface area contributed by atoms with Crippen LogP contribution in [-0.2, 0) is 4.79 Å². The lowest BCUT2D eigenvalue weighted by Gasteiger charge is -2.34. The Morgan fingerprint density at radius 1 is 1.00 bits per heavy atom. The van der Waals surface area contributed by atoms with Gasteiger partial charge in [0.25, 0.3) is 5.91 Å². The van der Waals surface area contributed by atoms with Crippen molar-refractivity contribution in [3.8, 4) is 0 Å². The van der Waals surface area contributed by atoms with Crippen molar-refractivity contribution < 1.29 is 14.0 Å². The summed E-state index contributed by atoms with van der Waals surface area (Å²) in [6, 6.07) is 11.6. The number of benzene rings is 2. The molecule has 3 rings (SSSR count). The van der Waals surface area contributed by atoms with Crippen LogP contribution in [0, 0.1) is 12.7 Å². The first-order valence-electron chi connectivity index (χ1n) is 8.72. The molecule has 0 spiro atoms. The van der Waals surface area contributed by atoms with Crippen LogP contribution in [0.4, 0.5) is 4.39 Å². The van der Waals surface area contributed by atoms with Gasteiger partial charge in [-0.25, -0.2) is 4.39 Å². The number of nitrogens with zero attached hydrogens (tertiary/aromatic N) is 2. The third kappa shape index (κ3) is 4.74. The molecule has 6 heteroatoms. The molecule has 0 N–H and O–H groups in total. The summed E-state index contributed by atoms with van der Waals surface area (Å²) < 4.78 is 13.1.